The lowest BCUT2D eigenvalue weighted by Gasteiger charge is -2.15. The van der Waals surface area contributed by atoms with E-state index in [9.17, 15) is 9.59 Å². The third-order valence-corrected chi connectivity index (χ3v) is 5.11. The predicted octanol–water partition coefficient (Wildman–Crippen LogP) is 3.87. The molecule has 1 unspecified atom stereocenters. The van der Waals surface area contributed by atoms with Crippen LogP contribution in [0.15, 0.2) is 53.4 Å². The molecule has 3 rings (SSSR count). The highest BCUT2D eigenvalue weighted by Gasteiger charge is 2.28. The SMILES string of the molecule is CC(C)NC(=O)Nc1ccccc1NC(=O)C1Cc2ccccc2S1. The fraction of sp³-hybridized carbons (Fsp3) is 0.263. The van der Waals surface area contributed by atoms with Gasteiger partial charge >= 0.3 is 6.03 Å². The minimum absolute atomic E-state index is 0.0372. The van der Waals surface area contributed by atoms with E-state index in [0.29, 0.717) is 11.4 Å². The van der Waals surface area contributed by atoms with Crippen LogP contribution in [0.2, 0.25) is 0 Å². The lowest BCUT2D eigenvalue weighted by atomic mass is 10.1. The van der Waals surface area contributed by atoms with Gasteiger partial charge in [-0.15, -0.1) is 11.8 Å². The maximum Gasteiger partial charge on any atom is 0.319 e. The lowest BCUT2D eigenvalue weighted by molar-refractivity contribution is -0.115. The van der Waals surface area contributed by atoms with Crippen molar-refractivity contribution in [2.24, 2.45) is 0 Å². The summed E-state index contributed by atoms with van der Waals surface area (Å²) >= 11 is 1.58. The summed E-state index contributed by atoms with van der Waals surface area (Å²) in [5, 5.41) is 8.34. The molecule has 2 aromatic carbocycles. The van der Waals surface area contributed by atoms with Crippen LogP contribution < -0.4 is 16.0 Å². The van der Waals surface area contributed by atoms with Gasteiger partial charge in [-0.25, -0.2) is 4.79 Å². The van der Waals surface area contributed by atoms with Gasteiger partial charge in [0.25, 0.3) is 0 Å². The summed E-state index contributed by atoms with van der Waals surface area (Å²) in [7, 11) is 0. The van der Waals surface area contributed by atoms with Crippen molar-refractivity contribution in [2.45, 2.75) is 36.5 Å². The molecule has 1 atom stereocenters. The Kier molecular flexibility index (Phi) is 5.28. The summed E-state index contributed by atoms with van der Waals surface area (Å²) in [5.41, 5.74) is 2.38. The molecule has 25 heavy (non-hydrogen) atoms. The Morgan fingerprint density at radius 1 is 1.00 bits per heavy atom. The molecule has 130 valence electrons. The first kappa shape index (κ1) is 17.4. The highest BCUT2D eigenvalue weighted by Crippen LogP contribution is 2.37. The van der Waals surface area contributed by atoms with Gasteiger partial charge in [-0.05, 0) is 44.0 Å². The molecule has 0 bridgehead atoms. The van der Waals surface area contributed by atoms with Gasteiger partial charge in [0, 0.05) is 10.9 Å². The average molecular weight is 355 g/mol. The van der Waals surface area contributed by atoms with E-state index in [2.05, 4.69) is 22.0 Å². The molecule has 0 aliphatic carbocycles. The number of benzene rings is 2. The topological polar surface area (TPSA) is 70.2 Å². The fourth-order valence-corrected chi connectivity index (χ4v) is 3.86. The van der Waals surface area contributed by atoms with Crippen LogP contribution in [0.1, 0.15) is 19.4 Å². The van der Waals surface area contributed by atoms with Gasteiger partial charge in [-0.1, -0.05) is 30.3 Å². The van der Waals surface area contributed by atoms with Crippen molar-refractivity contribution in [3.8, 4) is 0 Å². The molecule has 5 nitrogen and oxygen atoms in total. The molecule has 3 amide bonds. The maximum absolute atomic E-state index is 12.6. The number of urea groups is 1. The van der Waals surface area contributed by atoms with E-state index >= 15 is 0 Å². The second-order valence-corrected chi connectivity index (χ2v) is 7.45. The van der Waals surface area contributed by atoms with Crippen LogP contribution in [0.25, 0.3) is 0 Å². The quantitative estimate of drug-likeness (QED) is 0.780. The van der Waals surface area contributed by atoms with E-state index in [1.807, 2.05) is 44.2 Å². The van der Waals surface area contributed by atoms with Gasteiger partial charge in [-0.3, -0.25) is 4.79 Å². The smallest absolute Gasteiger partial charge is 0.319 e. The van der Waals surface area contributed by atoms with Crippen LogP contribution in [0, 0.1) is 0 Å². The van der Waals surface area contributed by atoms with Gasteiger partial charge in [0.2, 0.25) is 5.91 Å². The first-order valence-electron chi connectivity index (χ1n) is 8.25. The lowest BCUT2D eigenvalue weighted by Crippen LogP contribution is -2.34. The van der Waals surface area contributed by atoms with Gasteiger partial charge < -0.3 is 16.0 Å². The molecule has 6 heteroatoms. The zero-order valence-corrected chi connectivity index (χ0v) is 15.0. The molecule has 0 saturated heterocycles. The number of rotatable bonds is 4. The van der Waals surface area contributed by atoms with Gasteiger partial charge in [0.1, 0.15) is 0 Å². The maximum atomic E-state index is 12.6. The Hall–Kier alpha value is -2.47. The minimum atomic E-state index is -0.292. The molecule has 0 aromatic heterocycles. The van der Waals surface area contributed by atoms with Crippen molar-refractivity contribution in [3.63, 3.8) is 0 Å². The molecule has 1 heterocycles. The summed E-state index contributed by atoms with van der Waals surface area (Å²) in [6, 6.07) is 15.0. The van der Waals surface area contributed by atoms with Gasteiger partial charge in [-0.2, -0.15) is 0 Å². The van der Waals surface area contributed by atoms with Crippen molar-refractivity contribution < 1.29 is 9.59 Å². The van der Waals surface area contributed by atoms with Crippen molar-refractivity contribution in [2.75, 3.05) is 10.6 Å². The molecule has 2 aromatic rings. The Bertz CT molecular complexity index is 767. The molecular weight excluding hydrogens is 334 g/mol. The van der Waals surface area contributed by atoms with Crippen molar-refractivity contribution >= 4 is 35.1 Å². The highest BCUT2D eigenvalue weighted by molar-refractivity contribution is 8.01. The number of para-hydroxylation sites is 2. The summed E-state index contributed by atoms with van der Waals surface area (Å²) < 4.78 is 0. The number of hydrogen-bond acceptors (Lipinski definition) is 3. The van der Waals surface area contributed by atoms with E-state index in [-0.39, 0.29) is 23.2 Å². The largest absolute Gasteiger partial charge is 0.336 e. The number of carbonyl (C=O) groups is 2. The summed E-state index contributed by atoms with van der Waals surface area (Å²) in [6.45, 7) is 3.78. The Labute approximate surface area is 151 Å². The van der Waals surface area contributed by atoms with Crippen LogP contribution in [0.3, 0.4) is 0 Å². The highest BCUT2D eigenvalue weighted by atomic mass is 32.2. The van der Waals surface area contributed by atoms with Crippen molar-refractivity contribution in [3.05, 3.63) is 54.1 Å². The first-order chi connectivity index (χ1) is 12.0. The number of fused-ring (bicyclic) bond motifs is 1. The normalized spacial score (nSPS) is 15.6. The van der Waals surface area contributed by atoms with E-state index in [0.717, 1.165) is 11.3 Å². The Balaban J connectivity index is 1.67. The Morgan fingerprint density at radius 3 is 2.32 bits per heavy atom. The monoisotopic (exact) mass is 355 g/mol. The zero-order chi connectivity index (χ0) is 17.8. The predicted molar refractivity (Wildman–Crippen MR) is 102 cm³/mol. The van der Waals surface area contributed by atoms with Gasteiger partial charge in [0.15, 0.2) is 0 Å². The number of thioether (sulfide) groups is 1. The molecule has 3 N–H and O–H groups in total. The van der Waals surface area contributed by atoms with Crippen LogP contribution >= 0.6 is 11.8 Å². The molecule has 1 aliphatic heterocycles. The minimum Gasteiger partial charge on any atom is -0.336 e. The van der Waals surface area contributed by atoms with Crippen molar-refractivity contribution in [1.82, 2.24) is 5.32 Å². The van der Waals surface area contributed by atoms with Crippen LogP contribution in [-0.2, 0) is 11.2 Å². The van der Waals surface area contributed by atoms with Crippen LogP contribution in [0.4, 0.5) is 16.2 Å². The van der Waals surface area contributed by atoms with E-state index in [1.54, 1.807) is 23.9 Å². The second kappa shape index (κ2) is 7.61. The van der Waals surface area contributed by atoms with E-state index in [4.69, 9.17) is 0 Å². The third-order valence-electron chi connectivity index (χ3n) is 3.79. The van der Waals surface area contributed by atoms with E-state index in [1.165, 1.54) is 5.56 Å². The molecule has 0 saturated carbocycles. The standard InChI is InChI=1S/C19H21N3O2S/c1-12(2)20-19(24)22-15-9-5-4-8-14(15)21-18(23)17-11-13-7-3-6-10-16(13)25-17/h3-10,12,17H,11H2,1-2H3,(H,21,23)(H2,20,22,24). The summed E-state index contributed by atoms with van der Waals surface area (Å²) in [4.78, 5) is 25.7. The van der Waals surface area contributed by atoms with E-state index < -0.39 is 0 Å². The van der Waals surface area contributed by atoms with Crippen LogP contribution in [0.5, 0.6) is 0 Å². The Morgan fingerprint density at radius 2 is 1.64 bits per heavy atom. The number of carbonyl (C=O) groups excluding carboxylic acids is 2. The fourth-order valence-electron chi connectivity index (χ4n) is 2.66. The average Bonchev–Trinajstić information content (AvgIpc) is 3.00. The molecular formula is C19H21N3O2S. The molecule has 0 radical (unpaired) electrons. The number of nitrogens with one attached hydrogen (secondary N) is 3. The molecule has 1 aliphatic rings. The molecule has 0 fully saturated rings. The van der Waals surface area contributed by atoms with Crippen LogP contribution in [-0.4, -0.2) is 23.2 Å². The second-order valence-electron chi connectivity index (χ2n) is 6.21. The zero-order valence-electron chi connectivity index (χ0n) is 14.2. The number of hydrogen-bond donors (Lipinski definition) is 3. The first-order valence-corrected chi connectivity index (χ1v) is 9.13. The number of anilines is 2. The molecule has 0 spiro atoms. The summed E-state index contributed by atoms with van der Waals surface area (Å²) in [6.07, 6.45) is 0.718. The summed E-state index contributed by atoms with van der Waals surface area (Å²) in [5.74, 6) is -0.0558. The van der Waals surface area contributed by atoms with Gasteiger partial charge in [0.05, 0.1) is 16.6 Å². The third kappa shape index (κ3) is 4.33. The van der Waals surface area contributed by atoms with Crippen molar-refractivity contribution in [1.29, 1.82) is 0 Å². The number of amides is 3.